The number of methoxy groups -OCH3 is 1. The number of benzene rings is 1. The summed E-state index contributed by atoms with van der Waals surface area (Å²) in [6.07, 6.45) is 1.67. The molecule has 0 saturated carbocycles. The number of halogens is 1. The fourth-order valence-electron chi connectivity index (χ4n) is 1.94. The van der Waals surface area contributed by atoms with E-state index in [0.29, 0.717) is 24.5 Å². The third-order valence-electron chi connectivity index (χ3n) is 2.97. The molecule has 0 atom stereocenters. The van der Waals surface area contributed by atoms with Crippen LogP contribution in [0.1, 0.15) is 23.2 Å². The zero-order valence-electron chi connectivity index (χ0n) is 10.2. The highest BCUT2D eigenvalue weighted by atomic mass is 19.1. The molecule has 0 unspecified atom stereocenters. The first kappa shape index (κ1) is 12.8. The monoisotopic (exact) mass is 253 g/mol. The molecule has 1 aromatic carbocycles. The van der Waals surface area contributed by atoms with Crippen LogP contribution in [0, 0.1) is 5.82 Å². The molecular formula is C13H16FNO3. The van der Waals surface area contributed by atoms with Gasteiger partial charge in [0, 0.05) is 19.3 Å². The molecule has 0 bridgehead atoms. The van der Waals surface area contributed by atoms with Crippen molar-refractivity contribution >= 4 is 11.7 Å². The number of carbonyl (C=O) groups excluding carboxylic acids is 1. The van der Waals surface area contributed by atoms with Gasteiger partial charge in [-0.1, -0.05) is 0 Å². The molecule has 1 heterocycles. The Morgan fingerprint density at radius 1 is 1.44 bits per heavy atom. The molecule has 1 aliphatic rings. The van der Waals surface area contributed by atoms with E-state index in [2.05, 4.69) is 10.1 Å². The zero-order chi connectivity index (χ0) is 13.0. The Balaban J connectivity index is 2.12. The number of nitrogens with one attached hydrogen (secondary N) is 1. The van der Waals surface area contributed by atoms with Gasteiger partial charge in [-0.15, -0.1) is 0 Å². The lowest BCUT2D eigenvalue weighted by Gasteiger charge is -2.24. The van der Waals surface area contributed by atoms with Gasteiger partial charge in [-0.2, -0.15) is 0 Å². The summed E-state index contributed by atoms with van der Waals surface area (Å²) in [4.78, 5) is 11.4. The van der Waals surface area contributed by atoms with E-state index in [1.165, 1.54) is 25.3 Å². The molecule has 4 nitrogen and oxygen atoms in total. The average molecular weight is 253 g/mol. The first-order valence-corrected chi connectivity index (χ1v) is 5.93. The molecule has 1 aliphatic heterocycles. The lowest BCUT2D eigenvalue weighted by atomic mass is 10.1. The number of anilines is 1. The summed E-state index contributed by atoms with van der Waals surface area (Å²) in [7, 11) is 1.30. The van der Waals surface area contributed by atoms with Crippen LogP contribution < -0.4 is 5.32 Å². The third-order valence-corrected chi connectivity index (χ3v) is 2.97. The van der Waals surface area contributed by atoms with Crippen molar-refractivity contribution in [2.24, 2.45) is 0 Å². The van der Waals surface area contributed by atoms with Crippen molar-refractivity contribution in [3.8, 4) is 0 Å². The van der Waals surface area contributed by atoms with E-state index in [-0.39, 0.29) is 11.9 Å². The fraction of sp³-hybridized carbons (Fsp3) is 0.462. The minimum absolute atomic E-state index is 0.182. The second-order valence-corrected chi connectivity index (χ2v) is 4.22. The van der Waals surface area contributed by atoms with Crippen molar-refractivity contribution < 1.29 is 18.7 Å². The van der Waals surface area contributed by atoms with Crippen LogP contribution in [0.4, 0.5) is 10.1 Å². The van der Waals surface area contributed by atoms with Crippen LogP contribution in [-0.2, 0) is 9.47 Å². The molecule has 0 aromatic heterocycles. The smallest absolute Gasteiger partial charge is 0.337 e. The normalized spacial score (nSPS) is 16.3. The number of hydrogen-bond donors (Lipinski definition) is 1. The van der Waals surface area contributed by atoms with Gasteiger partial charge in [-0.3, -0.25) is 0 Å². The molecule has 18 heavy (non-hydrogen) atoms. The van der Waals surface area contributed by atoms with E-state index >= 15 is 0 Å². The number of rotatable bonds is 3. The van der Waals surface area contributed by atoms with E-state index in [1.54, 1.807) is 0 Å². The lowest BCUT2D eigenvalue weighted by Crippen LogP contribution is -2.28. The Hall–Kier alpha value is -1.62. The van der Waals surface area contributed by atoms with Gasteiger partial charge in [-0.25, -0.2) is 9.18 Å². The topological polar surface area (TPSA) is 47.6 Å². The van der Waals surface area contributed by atoms with Gasteiger partial charge in [-0.05, 0) is 31.0 Å². The van der Waals surface area contributed by atoms with Crippen LogP contribution in [0.25, 0.3) is 0 Å². The van der Waals surface area contributed by atoms with E-state index in [1.807, 2.05) is 0 Å². The van der Waals surface area contributed by atoms with Crippen molar-refractivity contribution in [3.05, 3.63) is 29.6 Å². The summed E-state index contributed by atoms with van der Waals surface area (Å²) >= 11 is 0. The van der Waals surface area contributed by atoms with E-state index < -0.39 is 5.97 Å². The van der Waals surface area contributed by atoms with Crippen LogP contribution in [0.3, 0.4) is 0 Å². The predicted molar refractivity (Wildman–Crippen MR) is 65.2 cm³/mol. The summed E-state index contributed by atoms with van der Waals surface area (Å²) in [6.45, 7) is 1.35. The summed E-state index contributed by atoms with van der Waals surface area (Å²) in [6, 6.07) is 4.35. The maximum Gasteiger partial charge on any atom is 0.337 e. The Morgan fingerprint density at radius 3 is 2.83 bits per heavy atom. The highest BCUT2D eigenvalue weighted by Crippen LogP contribution is 2.20. The standard InChI is InChI=1S/C13H16FNO3/c1-17-13(16)9-2-3-11(14)12(8-9)15-10-4-6-18-7-5-10/h2-3,8,10,15H,4-7H2,1H3. The highest BCUT2D eigenvalue weighted by Gasteiger charge is 2.16. The van der Waals surface area contributed by atoms with Crippen molar-refractivity contribution in [3.63, 3.8) is 0 Å². The molecule has 2 rings (SSSR count). The Kier molecular flexibility index (Phi) is 4.15. The molecule has 5 heteroatoms. The Labute approximate surface area is 105 Å². The second kappa shape index (κ2) is 5.82. The van der Waals surface area contributed by atoms with Gasteiger partial charge in [0.15, 0.2) is 0 Å². The molecule has 1 N–H and O–H groups in total. The van der Waals surface area contributed by atoms with Gasteiger partial charge in [0.25, 0.3) is 0 Å². The lowest BCUT2D eigenvalue weighted by molar-refractivity contribution is 0.0600. The quantitative estimate of drug-likeness (QED) is 0.839. The van der Waals surface area contributed by atoms with Crippen LogP contribution in [0.2, 0.25) is 0 Å². The summed E-state index contributed by atoms with van der Waals surface area (Å²) < 4.78 is 23.5. The first-order chi connectivity index (χ1) is 8.70. The number of hydrogen-bond acceptors (Lipinski definition) is 4. The fourth-order valence-corrected chi connectivity index (χ4v) is 1.94. The van der Waals surface area contributed by atoms with Gasteiger partial charge in [0.1, 0.15) is 5.82 Å². The summed E-state index contributed by atoms with van der Waals surface area (Å²) in [5.41, 5.74) is 0.679. The highest BCUT2D eigenvalue weighted by molar-refractivity contribution is 5.90. The van der Waals surface area contributed by atoms with E-state index in [0.717, 1.165) is 12.8 Å². The second-order valence-electron chi connectivity index (χ2n) is 4.22. The first-order valence-electron chi connectivity index (χ1n) is 5.93. The van der Waals surface area contributed by atoms with Gasteiger partial charge < -0.3 is 14.8 Å². The van der Waals surface area contributed by atoms with Crippen molar-refractivity contribution in [1.82, 2.24) is 0 Å². The van der Waals surface area contributed by atoms with Gasteiger partial charge in [0.05, 0.1) is 18.4 Å². The largest absolute Gasteiger partial charge is 0.465 e. The third kappa shape index (κ3) is 2.98. The summed E-state index contributed by atoms with van der Waals surface area (Å²) in [5, 5.41) is 3.11. The molecule has 0 aliphatic carbocycles. The predicted octanol–water partition coefficient (Wildman–Crippen LogP) is 2.20. The molecule has 98 valence electrons. The molecule has 0 spiro atoms. The minimum atomic E-state index is -0.468. The van der Waals surface area contributed by atoms with E-state index in [9.17, 15) is 9.18 Å². The van der Waals surface area contributed by atoms with Crippen LogP contribution in [-0.4, -0.2) is 32.3 Å². The maximum atomic E-state index is 13.6. The zero-order valence-corrected chi connectivity index (χ0v) is 10.2. The Bertz CT molecular complexity index is 430. The Morgan fingerprint density at radius 2 is 2.17 bits per heavy atom. The SMILES string of the molecule is COC(=O)c1ccc(F)c(NC2CCOCC2)c1. The van der Waals surface area contributed by atoms with Gasteiger partial charge >= 0.3 is 5.97 Å². The molecular weight excluding hydrogens is 237 g/mol. The molecule has 1 saturated heterocycles. The number of esters is 1. The molecule has 0 radical (unpaired) electrons. The molecule has 1 aromatic rings. The van der Waals surface area contributed by atoms with Gasteiger partial charge in [0.2, 0.25) is 0 Å². The van der Waals surface area contributed by atoms with Crippen LogP contribution in [0.15, 0.2) is 18.2 Å². The number of ether oxygens (including phenoxy) is 2. The number of carbonyl (C=O) groups is 1. The summed E-state index contributed by atoms with van der Waals surface area (Å²) in [5.74, 6) is -0.834. The van der Waals surface area contributed by atoms with Crippen molar-refractivity contribution in [1.29, 1.82) is 0 Å². The molecule has 0 amide bonds. The van der Waals surface area contributed by atoms with E-state index in [4.69, 9.17) is 4.74 Å². The molecule has 1 fully saturated rings. The van der Waals surface area contributed by atoms with Crippen LogP contribution in [0.5, 0.6) is 0 Å². The van der Waals surface area contributed by atoms with Crippen molar-refractivity contribution in [2.45, 2.75) is 18.9 Å². The minimum Gasteiger partial charge on any atom is -0.465 e. The maximum absolute atomic E-state index is 13.6. The average Bonchev–Trinajstić information content (AvgIpc) is 2.41. The van der Waals surface area contributed by atoms with Crippen molar-refractivity contribution in [2.75, 3.05) is 25.6 Å². The van der Waals surface area contributed by atoms with Crippen LogP contribution >= 0.6 is 0 Å².